The molecule has 5 unspecified atom stereocenters. The average Bonchev–Trinajstić information content (AvgIpc) is 2.99. The number of benzene rings is 3. The van der Waals surface area contributed by atoms with Gasteiger partial charge in [0.05, 0.1) is 22.3 Å². The highest BCUT2D eigenvalue weighted by Gasteiger charge is 2.58. The Labute approximate surface area is 256 Å². The maximum Gasteiger partial charge on any atom is 0.417 e. The van der Waals surface area contributed by atoms with Crippen LogP contribution in [0.25, 0.3) is 0 Å². The molecule has 45 heavy (non-hydrogen) atoms. The van der Waals surface area contributed by atoms with Crippen LogP contribution in [0, 0.1) is 24.2 Å². The second-order valence-corrected chi connectivity index (χ2v) is 11.6. The van der Waals surface area contributed by atoms with Crippen LogP contribution < -0.4 is 0 Å². The van der Waals surface area contributed by atoms with E-state index in [-0.39, 0.29) is 5.92 Å². The van der Waals surface area contributed by atoms with Crippen LogP contribution in [-0.4, -0.2) is 24.1 Å². The summed E-state index contributed by atoms with van der Waals surface area (Å²) < 4.78 is 95.1. The van der Waals surface area contributed by atoms with Crippen molar-refractivity contribution < 1.29 is 45.4 Å². The molecule has 10 heteroatoms. The number of ether oxygens (including phenoxy) is 2. The molecule has 1 fully saturated rings. The fraction of sp³-hybridized carbons (Fsp3) is 0.314. The van der Waals surface area contributed by atoms with Crippen molar-refractivity contribution >= 4 is 11.9 Å². The zero-order valence-corrected chi connectivity index (χ0v) is 24.5. The molecule has 1 saturated carbocycles. The van der Waals surface area contributed by atoms with Crippen LogP contribution in [0.5, 0.6) is 0 Å². The monoisotopic (exact) mass is 628 g/mol. The largest absolute Gasteiger partial charge is 0.454 e. The van der Waals surface area contributed by atoms with Crippen molar-refractivity contribution in [3.8, 4) is 0 Å². The van der Waals surface area contributed by atoms with Gasteiger partial charge in [0.1, 0.15) is 12.2 Å². The molecule has 2 aliphatic rings. The summed E-state index contributed by atoms with van der Waals surface area (Å²) in [5.74, 6) is -4.37. The number of rotatable bonds is 5. The summed E-state index contributed by atoms with van der Waals surface area (Å²) in [4.78, 5) is 27.2. The Morgan fingerprint density at radius 2 is 1.20 bits per heavy atom. The van der Waals surface area contributed by atoms with Gasteiger partial charge in [-0.15, -0.1) is 0 Å². The molecule has 0 aliphatic heterocycles. The van der Waals surface area contributed by atoms with Crippen molar-refractivity contribution in [2.45, 2.75) is 51.2 Å². The Morgan fingerprint density at radius 3 is 1.73 bits per heavy atom. The van der Waals surface area contributed by atoms with E-state index in [1.807, 2.05) is 44.2 Å². The summed E-state index contributed by atoms with van der Waals surface area (Å²) in [5, 5.41) is 0. The number of fused-ring (bicyclic) bond motifs is 1. The number of aryl methyl sites for hydroxylation is 1. The first-order valence-electron chi connectivity index (χ1n) is 14.3. The van der Waals surface area contributed by atoms with E-state index < -0.39 is 76.0 Å². The Bertz CT molecular complexity index is 1660. The van der Waals surface area contributed by atoms with Crippen LogP contribution >= 0.6 is 0 Å². The predicted octanol–water partition coefficient (Wildman–Crippen LogP) is 8.97. The topological polar surface area (TPSA) is 52.6 Å². The molecule has 236 valence electrons. The number of halogens is 6. The third-order valence-corrected chi connectivity index (χ3v) is 9.08. The van der Waals surface area contributed by atoms with Crippen LogP contribution in [-0.2, 0) is 21.8 Å². The van der Waals surface area contributed by atoms with Gasteiger partial charge in [-0.3, -0.25) is 0 Å². The van der Waals surface area contributed by atoms with Crippen molar-refractivity contribution in [1.29, 1.82) is 0 Å². The number of allylic oxidation sites excluding steroid dienone is 4. The number of carbonyl (C=O) groups excluding carboxylic acids is 2. The molecule has 0 bridgehead atoms. The summed E-state index contributed by atoms with van der Waals surface area (Å²) in [6.07, 6.45) is -5.00. The molecule has 0 saturated heterocycles. The standard InChI is InChI=1S/C35H30F6O4/c1-20-12-4-5-13-22(20)28-27-18-10-11-19-33(27,3)21(2)29(44-31(42)23-14-6-8-16-25(23)34(36,37)38)30(28)45-32(43)24-15-7-9-17-26(24)35(39,40)41/h4-19,21,27-30H,1-3H3/t21?,27?,28-,29?,30?,33?/m0/s1. The van der Waals surface area contributed by atoms with E-state index >= 15 is 0 Å². The normalized spacial score (nSPS) is 26.2. The first kappa shape index (κ1) is 32.1. The Kier molecular flexibility index (Phi) is 8.46. The molecule has 0 heterocycles. The molecule has 0 radical (unpaired) electrons. The summed E-state index contributed by atoms with van der Waals surface area (Å²) in [5.41, 5.74) is -3.14. The first-order chi connectivity index (χ1) is 21.1. The van der Waals surface area contributed by atoms with E-state index in [4.69, 9.17) is 9.47 Å². The highest BCUT2D eigenvalue weighted by molar-refractivity contribution is 5.92. The van der Waals surface area contributed by atoms with Gasteiger partial charge in [0.25, 0.3) is 0 Å². The second-order valence-electron chi connectivity index (χ2n) is 11.6. The molecule has 6 atom stereocenters. The van der Waals surface area contributed by atoms with Gasteiger partial charge in [0, 0.05) is 11.8 Å². The summed E-state index contributed by atoms with van der Waals surface area (Å²) >= 11 is 0. The van der Waals surface area contributed by atoms with E-state index in [9.17, 15) is 35.9 Å². The van der Waals surface area contributed by atoms with Gasteiger partial charge < -0.3 is 9.47 Å². The molecular formula is C35H30F6O4. The van der Waals surface area contributed by atoms with E-state index in [0.29, 0.717) is 5.56 Å². The lowest BCUT2D eigenvalue weighted by Crippen LogP contribution is -2.58. The van der Waals surface area contributed by atoms with E-state index in [1.54, 1.807) is 25.1 Å². The van der Waals surface area contributed by atoms with Gasteiger partial charge in [0.2, 0.25) is 0 Å². The van der Waals surface area contributed by atoms with Crippen molar-refractivity contribution in [3.05, 3.63) is 130 Å². The third-order valence-electron chi connectivity index (χ3n) is 9.08. The Morgan fingerprint density at radius 1 is 0.711 bits per heavy atom. The maximum atomic E-state index is 13.9. The van der Waals surface area contributed by atoms with E-state index in [2.05, 4.69) is 0 Å². The first-order valence-corrected chi connectivity index (χ1v) is 14.3. The number of esters is 2. The Hall–Kier alpha value is -4.34. The molecule has 5 rings (SSSR count). The van der Waals surface area contributed by atoms with E-state index in [1.165, 1.54) is 12.1 Å². The molecule has 0 amide bonds. The van der Waals surface area contributed by atoms with Crippen molar-refractivity contribution in [1.82, 2.24) is 0 Å². The minimum Gasteiger partial charge on any atom is -0.454 e. The lowest BCUT2D eigenvalue weighted by Gasteiger charge is -2.55. The van der Waals surface area contributed by atoms with E-state index in [0.717, 1.165) is 42.0 Å². The number of carbonyl (C=O) groups is 2. The van der Waals surface area contributed by atoms with Gasteiger partial charge in [0.15, 0.2) is 0 Å². The molecule has 0 aromatic heterocycles. The van der Waals surface area contributed by atoms with Gasteiger partial charge in [-0.05, 0) is 53.6 Å². The number of hydrogen-bond donors (Lipinski definition) is 0. The molecule has 0 spiro atoms. The molecular weight excluding hydrogens is 598 g/mol. The van der Waals surface area contributed by atoms with Gasteiger partial charge in [-0.1, -0.05) is 86.7 Å². The zero-order chi connectivity index (χ0) is 32.7. The van der Waals surface area contributed by atoms with Gasteiger partial charge in [-0.25, -0.2) is 9.59 Å². The summed E-state index contributed by atoms with van der Waals surface area (Å²) in [7, 11) is 0. The Balaban J connectivity index is 1.66. The summed E-state index contributed by atoms with van der Waals surface area (Å²) in [6.45, 7) is 5.46. The smallest absolute Gasteiger partial charge is 0.417 e. The van der Waals surface area contributed by atoms with Gasteiger partial charge >= 0.3 is 24.3 Å². The predicted molar refractivity (Wildman–Crippen MR) is 154 cm³/mol. The van der Waals surface area contributed by atoms with Gasteiger partial charge in [-0.2, -0.15) is 26.3 Å². The fourth-order valence-electron chi connectivity index (χ4n) is 6.61. The maximum absolute atomic E-state index is 13.9. The SMILES string of the molecule is Cc1ccccc1[C@@H]1C(OC(=O)c2ccccc2C(F)(F)F)C(OC(=O)c2ccccc2C(F)(F)F)C(C)C2(C)C=CC=CC12. The summed E-state index contributed by atoms with van der Waals surface area (Å²) in [6, 6.07) is 15.5. The van der Waals surface area contributed by atoms with Crippen LogP contribution in [0.15, 0.2) is 97.1 Å². The lowest BCUT2D eigenvalue weighted by molar-refractivity contribution is -0.141. The highest BCUT2D eigenvalue weighted by atomic mass is 19.4. The van der Waals surface area contributed by atoms with Crippen LogP contribution in [0.4, 0.5) is 26.3 Å². The van der Waals surface area contributed by atoms with Crippen molar-refractivity contribution in [2.24, 2.45) is 17.3 Å². The van der Waals surface area contributed by atoms with Crippen LogP contribution in [0.3, 0.4) is 0 Å². The lowest BCUT2D eigenvalue weighted by atomic mass is 9.53. The minimum absolute atomic E-state index is 0.383. The van der Waals surface area contributed by atoms with Crippen molar-refractivity contribution in [3.63, 3.8) is 0 Å². The second kappa shape index (κ2) is 11.9. The molecule has 3 aromatic carbocycles. The van der Waals surface area contributed by atoms with Crippen LogP contribution in [0.1, 0.15) is 62.7 Å². The third kappa shape index (κ3) is 6.02. The number of hydrogen-bond acceptors (Lipinski definition) is 4. The number of alkyl halides is 6. The average molecular weight is 629 g/mol. The molecule has 3 aromatic rings. The zero-order valence-electron chi connectivity index (χ0n) is 24.5. The molecule has 4 nitrogen and oxygen atoms in total. The quantitative estimate of drug-likeness (QED) is 0.209. The highest BCUT2D eigenvalue weighted by Crippen LogP contribution is 2.56. The fourth-order valence-corrected chi connectivity index (χ4v) is 6.61. The van der Waals surface area contributed by atoms with Crippen LogP contribution in [0.2, 0.25) is 0 Å². The molecule has 0 N–H and O–H groups in total. The van der Waals surface area contributed by atoms with Crippen molar-refractivity contribution in [2.75, 3.05) is 0 Å². The minimum atomic E-state index is -4.87. The molecule has 2 aliphatic carbocycles.